The molecule has 1 heterocycles. The van der Waals surface area contributed by atoms with Gasteiger partial charge in [-0.3, -0.25) is 4.68 Å². The van der Waals surface area contributed by atoms with Crippen LogP contribution in [0.15, 0.2) is 6.20 Å². The smallest absolute Gasteiger partial charge is 0.0679 e. The molecular weight excluding hydrogens is 152 g/mol. The summed E-state index contributed by atoms with van der Waals surface area (Å²) in [7, 11) is 0. The number of hydrogen-bond acceptors (Lipinski definition) is 2. The van der Waals surface area contributed by atoms with Crippen LogP contribution in [-0.2, 0) is 19.4 Å². The highest BCUT2D eigenvalue weighted by Gasteiger charge is 2.04. The average Bonchev–Trinajstić information content (AvgIpc) is 2.48. The molecule has 0 saturated heterocycles. The van der Waals surface area contributed by atoms with E-state index in [0.717, 1.165) is 18.7 Å². The Morgan fingerprint density at radius 3 is 2.75 bits per heavy atom. The number of aromatic nitrogens is 2. The molecule has 0 radical (unpaired) electrons. The number of nitrogens with zero attached hydrogens (tertiary/aromatic N) is 2. The molecule has 0 atom stereocenters. The zero-order valence-electron chi connectivity index (χ0n) is 7.75. The van der Waals surface area contributed by atoms with Crippen LogP contribution in [0.3, 0.4) is 0 Å². The van der Waals surface area contributed by atoms with Crippen molar-refractivity contribution in [2.45, 2.75) is 33.2 Å². The van der Waals surface area contributed by atoms with Crippen LogP contribution >= 0.6 is 0 Å². The molecule has 12 heavy (non-hydrogen) atoms. The van der Waals surface area contributed by atoms with Crippen LogP contribution in [-0.4, -0.2) is 21.5 Å². The molecule has 0 saturated carbocycles. The minimum absolute atomic E-state index is 0.188. The fourth-order valence-corrected chi connectivity index (χ4v) is 1.28. The van der Waals surface area contributed by atoms with Crippen molar-refractivity contribution in [3.8, 4) is 0 Å². The number of rotatable bonds is 4. The first kappa shape index (κ1) is 9.26. The van der Waals surface area contributed by atoms with Gasteiger partial charge in [0.2, 0.25) is 0 Å². The summed E-state index contributed by atoms with van der Waals surface area (Å²) in [5.41, 5.74) is 2.30. The van der Waals surface area contributed by atoms with E-state index in [2.05, 4.69) is 25.1 Å². The Labute approximate surface area is 73.0 Å². The predicted octanol–water partition coefficient (Wildman–Crippen LogP) is 1.00. The zero-order chi connectivity index (χ0) is 8.97. The van der Waals surface area contributed by atoms with Crippen molar-refractivity contribution in [3.63, 3.8) is 0 Å². The van der Waals surface area contributed by atoms with Crippen LogP contribution in [0, 0.1) is 0 Å². The molecule has 68 valence electrons. The lowest BCUT2D eigenvalue weighted by Gasteiger charge is -1.94. The van der Waals surface area contributed by atoms with E-state index < -0.39 is 0 Å². The third-order valence-electron chi connectivity index (χ3n) is 1.98. The summed E-state index contributed by atoms with van der Waals surface area (Å²) in [6, 6.07) is 0. The van der Waals surface area contributed by atoms with Gasteiger partial charge in [-0.05, 0) is 18.9 Å². The van der Waals surface area contributed by atoms with Gasteiger partial charge in [-0.25, -0.2) is 0 Å². The molecule has 0 spiro atoms. The van der Waals surface area contributed by atoms with Crippen molar-refractivity contribution in [1.29, 1.82) is 0 Å². The lowest BCUT2D eigenvalue weighted by Crippen LogP contribution is -1.98. The van der Waals surface area contributed by atoms with Crippen molar-refractivity contribution >= 4 is 0 Å². The number of hydrogen-bond donors (Lipinski definition) is 1. The molecule has 0 aliphatic carbocycles. The maximum atomic E-state index is 8.77. The van der Waals surface area contributed by atoms with Gasteiger partial charge in [-0.15, -0.1) is 0 Å². The molecule has 0 aliphatic heterocycles. The molecule has 0 aliphatic rings. The molecule has 1 N–H and O–H groups in total. The van der Waals surface area contributed by atoms with Gasteiger partial charge < -0.3 is 5.11 Å². The Morgan fingerprint density at radius 2 is 2.25 bits per heavy atom. The fourth-order valence-electron chi connectivity index (χ4n) is 1.28. The molecule has 1 rings (SSSR count). The molecule has 0 fully saturated rings. The maximum Gasteiger partial charge on any atom is 0.0679 e. The summed E-state index contributed by atoms with van der Waals surface area (Å²) in [5.74, 6) is 0. The van der Waals surface area contributed by atoms with Gasteiger partial charge in [0.1, 0.15) is 0 Å². The Kier molecular flexibility index (Phi) is 3.29. The zero-order valence-corrected chi connectivity index (χ0v) is 7.75. The molecule has 3 nitrogen and oxygen atoms in total. The minimum atomic E-state index is 0.188. The highest BCUT2D eigenvalue weighted by molar-refractivity contribution is 5.17. The van der Waals surface area contributed by atoms with Crippen LogP contribution in [0.4, 0.5) is 0 Å². The minimum Gasteiger partial charge on any atom is -0.396 e. The Hall–Kier alpha value is -0.830. The van der Waals surface area contributed by atoms with Gasteiger partial charge in [0.05, 0.1) is 5.69 Å². The third kappa shape index (κ3) is 1.85. The monoisotopic (exact) mass is 168 g/mol. The van der Waals surface area contributed by atoms with Gasteiger partial charge in [0.25, 0.3) is 0 Å². The summed E-state index contributed by atoms with van der Waals surface area (Å²) in [6.07, 6.45) is 3.73. The molecular formula is C9H16N2O. The second-order valence-corrected chi connectivity index (χ2v) is 2.78. The van der Waals surface area contributed by atoms with Crippen molar-refractivity contribution in [1.82, 2.24) is 9.78 Å². The summed E-state index contributed by atoms with van der Waals surface area (Å²) < 4.78 is 1.92. The summed E-state index contributed by atoms with van der Waals surface area (Å²) in [5, 5.41) is 13.1. The van der Waals surface area contributed by atoms with E-state index >= 15 is 0 Å². The SMILES string of the molecule is CCc1cn(CC)nc1CCO. The van der Waals surface area contributed by atoms with E-state index in [1.807, 2.05) is 4.68 Å². The van der Waals surface area contributed by atoms with Gasteiger partial charge in [0, 0.05) is 25.8 Å². The van der Waals surface area contributed by atoms with Crippen LogP contribution in [0.2, 0.25) is 0 Å². The summed E-state index contributed by atoms with van der Waals surface area (Å²) in [4.78, 5) is 0. The molecule has 1 aromatic heterocycles. The molecule has 0 aromatic carbocycles. The van der Waals surface area contributed by atoms with E-state index in [0.29, 0.717) is 6.42 Å². The van der Waals surface area contributed by atoms with Crippen LogP contribution in [0.5, 0.6) is 0 Å². The second kappa shape index (κ2) is 4.26. The van der Waals surface area contributed by atoms with Crippen molar-refractivity contribution < 1.29 is 5.11 Å². The fraction of sp³-hybridized carbons (Fsp3) is 0.667. The van der Waals surface area contributed by atoms with Crippen molar-refractivity contribution in [3.05, 3.63) is 17.5 Å². The largest absolute Gasteiger partial charge is 0.396 e. The second-order valence-electron chi connectivity index (χ2n) is 2.78. The highest BCUT2D eigenvalue weighted by Crippen LogP contribution is 2.08. The quantitative estimate of drug-likeness (QED) is 0.728. The average molecular weight is 168 g/mol. The van der Waals surface area contributed by atoms with Crippen molar-refractivity contribution in [2.24, 2.45) is 0 Å². The molecule has 0 bridgehead atoms. The molecule has 0 amide bonds. The van der Waals surface area contributed by atoms with Gasteiger partial charge in [-0.1, -0.05) is 6.92 Å². The topological polar surface area (TPSA) is 38.0 Å². The van der Waals surface area contributed by atoms with Crippen molar-refractivity contribution in [2.75, 3.05) is 6.61 Å². The maximum absolute atomic E-state index is 8.77. The first-order chi connectivity index (χ1) is 5.81. The van der Waals surface area contributed by atoms with Crippen LogP contribution in [0.1, 0.15) is 25.1 Å². The lowest BCUT2D eigenvalue weighted by molar-refractivity contribution is 0.297. The molecule has 0 unspecified atom stereocenters. The van der Waals surface area contributed by atoms with E-state index in [1.54, 1.807) is 0 Å². The van der Waals surface area contributed by atoms with Gasteiger partial charge in [-0.2, -0.15) is 5.10 Å². The van der Waals surface area contributed by atoms with Gasteiger partial charge in [0.15, 0.2) is 0 Å². The first-order valence-corrected chi connectivity index (χ1v) is 4.47. The summed E-state index contributed by atoms with van der Waals surface area (Å²) >= 11 is 0. The third-order valence-corrected chi connectivity index (χ3v) is 1.98. The van der Waals surface area contributed by atoms with E-state index in [1.165, 1.54) is 5.56 Å². The van der Waals surface area contributed by atoms with Gasteiger partial charge >= 0.3 is 0 Å². The Morgan fingerprint density at radius 1 is 1.50 bits per heavy atom. The summed E-state index contributed by atoms with van der Waals surface area (Å²) in [6.45, 7) is 5.26. The number of aryl methyl sites for hydroxylation is 2. The first-order valence-electron chi connectivity index (χ1n) is 4.47. The lowest BCUT2D eigenvalue weighted by atomic mass is 10.1. The number of aliphatic hydroxyl groups is 1. The Bertz CT molecular complexity index is 243. The molecule has 1 aromatic rings. The van der Waals surface area contributed by atoms with E-state index in [9.17, 15) is 0 Å². The van der Waals surface area contributed by atoms with Crippen LogP contribution < -0.4 is 0 Å². The predicted molar refractivity (Wildman–Crippen MR) is 48.1 cm³/mol. The highest BCUT2D eigenvalue weighted by atomic mass is 16.3. The number of aliphatic hydroxyl groups excluding tert-OH is 1. The van der Waals surface area contributed by atoms with Crippen LogP contribution in [0.25, 0.3) is 0 Å². The standard InChI is InChI=1S/C9H16N2O/c1-3-8-7-11(4-2)10-9(8)5-6-12/h7,12H,3-6H2,1-2H3. The molecule has 3 heteroatoms. The van der Waals surface area contributed by atoms with E-state index in [-0.39, 0.29) is 6.61 Å². The normalized spacial score (nSPS) is 10.6. The Balaban J connectivity index is 2.84. The van der Waals surface area contributed by atoms with E-state index in [4.69, 9.17) is 5.11 Å².